The van der Waals surface area contributed by atoms with Crippen LogP contribution in [-0.4, -0.2) is 27.5 Å². The maximum Gasteiger partial charge on any atom is 0.276 e. The van der Waals surface area contributed by atoms with Crippen LogP contribution in [0.2, 0.25) is 0 Å². The van der Waals surface area contributed by atoms with Gasteiger partial charge in [-0.05, 0) is 6.07 Å². The predicted octanol–water partition coefficient (Wildman–Crippen LogP) is 0.715. The van der Waals surface area contributed by atoms with Crippen LogP contribution in [0.15, 0.2) is 18.2 Å². The Kier molecular flexibility index (Phi) is 4.48. The summed E-state index contributed by atoms with van der Waals surface area (Å²) in [5.74, 6) is 0. The van der Waals surface area contributed by atoms with Crippen molar-refractivity contribution in [3.63, 3.8) is 0 Å². The summed E-state index contributed by atoms with van der Waals surface area (Å²) in [5, 5.41) is 38.4. The Morgan fingerprint density at radius 1 is 1.50 bits per heavy atom. The van der Waals surface area contributed by atoms with Crippen LogP contribution in [0.25, 0.3) is 0 Å². The maximum atomic E-state index is 10.8. The molecule has 0 aliphatic rings. The SMILES string of the molecule is N#CCC(O)C(O)c1ccc(C=O)cc1[N+](=O)[O-]. The molecule has 0 aliphatic carbocycles. The molecule has 0 amide bonds. The molecule has 0 radical (unpaired) electrons. The van der Waals surface area contributed by atoms with Gasteiger partial charge in [0.15, 0.2) is 0 Å². The summed E-state index contributed by atoms with van der Waals surface area (Å²) in [6.07, 6.45) is -2.88. The van der Waals surface area contributed by atoms with Crippen LogP contribution in [0.4, 0.5) is 5.69 Å². The van der Waals surface area contributed by atoms with Gasteiger partial charge >= 0.3 is 0 Å². The van der Waals surface area contributed by atoms with Gasteiger partial charge in [-0.15, -0.1) is 0 Å². The van der Waals surface area contributed by atoms with E-state index >= 15 is 0 Å². The summed E-state index contributed by atoms with van der Waals surface area (Å²) in [6, 6.07) is 5.13. The Morgan fingerprint density at radius 3 is 2.67 bits per heavy atom. The van der Waals surface area contributed by atoms with Gasteiger partial charge in [-0.25, -0.2) is 0 Å². The van der Waals surface area contributed by atoms with Crippen molar-refractivity contribution >= 4 is 12.0 Å². The number of aliphatic hydroxyl groups excluding tert-OH is 2. The third-order valence-electron chi connectivity index (χ3n) is 2.37. The molecule has 1 aromatic rings. The van der Waals surface area contributed by atoms with E-state index < -0.39 is 22.8 Å². The highest BCUT2D eigenvalue weighted by Gasteiger charge is 2.26. The summed E-state index contributed by atoms with van der Waals surface area (Å²) in [5.41, 5.74) is -0.509. The van der Waals surface area contributed by atoms with Crippen LogP contribution < -0.4 is 0 Å². The molecule has 1 rings (SSSR count). The molecule has 94 valence electrons. The molecular weight excluding hydrogens is 240 g/mol. The second-order valence-corrected chi connectivity index (χ2v) is 3.57. The number of nitrogens with zero attached hydrogens (tertiary/aromatic N) is 2. The zero-order chi connectivity index (χ0) is 13.7. The van der Waals surface area contributed by atoms with E-state index in [1.807, 2.05) is 0 Å². The summed E-state index contributed by atoms with van der Waals surface area (Å²) in [4.78, 5) is 20.6. The zero-order valence-electron chi connectivity index (χ0n) is 9.18. The van der Waals surface area contributed by atoms with Gasteiger partial charge in [-0.3, -0.25) is 14.9 Å². The van der Waals surface area contributed by atoms with Crippen molar-refractivity contribution in [1.29, 1.82) is 5.26 Å². The average Bonchev–Trinajstić information content (AvgIpc) is 2.37. The lowest BCUT2D eigenvalue weighted by atomic mass is 9.99. The lowest BCUT2D eigenvalue weighted by molar-refractivity contribution is -0.386. The monoisotopic (exact) mass is 250 g/mol. The fraction of sp³-hybridized carbons (Fsp3) is 0.273. The van der Waals surface area contributed by atoms with Gasteiger partial charge in [0, 0.05) is 11.6 Å². The number of aliphatic hydroxyl groups is 2. The van der Waals surface area contributed by atoms with Gasteiger partial charge in [0.05, 0.1) is 29.1 Å². The molecular formula is C11H10N2O5. The number of nitriles is 1. The molecule has 7 heteroatoms. The Hall–Kier alpha value is -2.30. The number of rotatable bonds is 5. The van der Waals surface area contributed by atoms with E-state index in [2.05, 4.69) is 0 Å². The summed E-state index contributed by atoms with van der Waals surface area (Å²) >= 11 is 0. The molecule has 18 heavy (non-hydrogen) atoms. The van der Waals surface area contributed by atoms with Crippen molar-refractivity contribution in [2.24, 2.45) is 0 Å². The first-order chi connectivity index (χ1) is 8.51. The van der Waals surface area contributed by atoms with Gasteiger partial charge in [0.2, 0.25) is 0 Å². The van der Waals surface area contributed by atoms with Crippen LogP contribution in [-0.2, 0) is 0 Å². The molecule has 0 saturated heterocycles. The third-order valence-corrected chi connectivity index (χ3v) is 2.37. The van der Waals surface area contributed by atoms with Gasteiger partial charge in [0.25, 0.3) is 5.69 Å². The number of carbonyl (C=O) groups is 1. The van der Waals surface area contributed by atoms with E-state index in [1.54, 1.807) is 6.07 Å². The predicted molar refractivity (Wildman–Crippen MR) is 59.7 cm³/mol. The highest BCUT2D eigenvalue weighted by Crippen LogP contribution is 2.28. The Labute approximate surface area is 102 Å². The van der Waals surface area contributed by atoms with E-state index in [0.29, 0.717) is 6.29 Å². The quantitative estimate of drug-likeness (QED) is 0.450. The van der Waals surface area contributed by atoms with Crippen LogP contribution >= 0.6 is 0 Å². The van der Waals surface area contributed by atoms with Crippen molar-refractivity contribution in [3.8, 4) is 6.07 Å². The van der Waals surface area contributed by atoms with Crippen LogP contribution in [0.3, 0.4) is 0 Å². The summed E-state index contributed by atoms with van der Waals surface area (Å²) < 4.78 is 0. The average molecular weight is 250 g/mol. The minimum Gasteiger partial charge on any atom is -0.389 e. The minimum absolute atomic E-state index is 0.0902. The number of hydrogen-bond acceptors (Lipinski definition) is 6. The van der Waals surface area contributed by atoms with Crippen molar-refractivity contribution < 1.29 is 19.9 Å². The van der Waals surface area contributed by atoms with Gasteiger partial charge in [0.1, 0.15) is 12.4 Å². The van der Waals surface area contributed by atoms with Crippen LogP contribution in [0.5, 0.6) is 0 Å². The number of carbonyl (C=O) groups excluding carboxylic acids is 1. The number of hydrogen-bond donors (Lipinski definition) is 2. The maximum absolute atomic E-state index is 10.8. The van der Waals surface area contributed by atoms with Crippen LogP contribution in [0, 0.1) is 21.4 Å². The molecule has 0 saturated carbocycles. The van der Waals surface area contributed by atoms with Gasteiger partial charge in [-0.2, -0.15) is 5.26 Å². The fourth-order valence-corrected chi connectivity index (χ4v) is 1.45. The van der Waals surface area contributed by atoms with Crippen molar-refractivity contribution in [2.75, 3.05) is 0 Å². The first-order valence-electron chi connectivity index (χ1n) is 4.97. The molecule has 2 atom stereocenters. The fourth-order valence-electron chi connectivity index (χ4n) is 1.45. The Balaban J connectivity index is 3.19. The lowest BCUT2D eigenvalue weighted by Crippen LogP contribution is -2.18. The van der Waals surface area contributed by atoms with Gasteiger partial charge < -0.3 is 10.2 Å². The first kappa shape index (κ1) is 13.8. The van der Waals surface area contributed by atoms with E-state index in [-0.39, 0.29) is 17.5 Å². The van der Waals surface area contributed by atoms with E-state index in [0.717, 1.165) is 6.07 Å². The smallest absolute Gasteiger partial charge is 0.276 e. The number of nitro benzene ring substituents is 1. The normalized spacial score (nSPS) is 13.4. The Morgan fingerprint density at radius 2 is 2.17 bits per heavy atom. The summed E-state index contributed by atoms with van der Waals surface area (Å²) in [6.45, 7) is 0. The second-order valence-electron chi connectivity index (χ2n) is 3.57. The molecule has 0 aliphatic heterocycles. The summed E-state index contributed by atoms with van der Waals surface area (Å²) in [7, 11) is 0. The van der Waals surface area contributed by atoms with E-state index in [1.165, 1.54) is 12.1 Å². The molecule has 0 aromatic heterocycles. The minimum atomic E-state index is -1.55. The molecule has 2 N–H and O–H groups in total. The standard InChI is InChI=1S/C11H10N2O5/c12-4-3-10(15)11(16)8-2-1-7(6-14)5-9(8)13(17)18/h1-2,5-6,10-11,15-16H,3H2. The molecule has 0 bridgehead atoms. The third kappa shape index (κ3) is 2.88. The Bertz CT molecular complexity index is 509. The zero-order valence-corrected chi connectivity index (χ0v) is 9.18. The molecule has 0 fully saturated rings. The number of aldehydes is 1. The molecule has 1 aromatic carbocycles. The van der Waals surface area contributed by atoms with Crippen molar-refractivity contribution in [2.45, 2.75) is 18.6 Å². The van der Waals surface area contributed by atoms with E-state index in [9.17, 15) is 25.1 Å². The number of nitro groups is 1. The lowest BCUT2D eigenvalue weighted by Gasteiger charge is -2.15. The second kappa shape index (κ2) is 5.86. The van der Waals surface area contributed by atoms with E-state index in [4.69, 9.17) is 5.26 Å². The first-order valence-corrected chi connectivity index (χ1v) is 4.97. The molecule has 0 heterocycles. The van der Waals surface area contributed by atoms with Gasteiger partial charge in [-0.1, -0.05) is 6.07 Å². The number of benzene rings is 1. The largest absolute Gasteiger partial charge is 0.389 e. The molecule has 2 unspecified atom stereocenters. The van der Waals surface area contributed by atoms with Crippen molar-refractivity contribution in [3.05, 3.63) is 39.4 Å². The highest BCUT2D eigenvalue weighted by molar-refractivity contribution is 5.76. The molecule has 7 nitrogen and oxygen atoms in total. The molecule has 0 spiro atoms. The van der Waals surface area contributed by atoms with Crippen LogP contribution in [0.1, 0.15) is 28.4 Å². The highest BCUT2D eigenvalue weighted by atomic mass is 16.6. The van der Waals surface area contributed by atoms with Crippen molar-refractivity contribution in [1.82, 2.24) is 0 Å². The topological polar surface area (TPSA) is 124 Å².